The quantitative estimate of drug-likeness (QED) is 0.731. The SMILES string of the molecule is c1ncn2c1C(N1CCNCC1)CCC2. The summed E-state index contributed by atoms with van der Waals surface area (Å²) in [5.41, 5.74) is 1.42. The van der Waals surface area contributed by atoms with Crippen LogP contribution in [0.2, 0.25) is 0 Å². The van der Waals surface area contributed by atoms with E-state index in [1.54, 1.807) is 0 Å². The Morgan fingerprint density at radius 1 is 1.27 bits per heavy atom. The first-order valence-corrected chi connectivity index (χ1v) is 5.90. The molecule has 1 aromatic rings. The van der Waals surface area contributed by atoms with Gasteiger partial charge in [0.1, 0.15) is 0 Å². The second-order valence-corrected chi connectivity index (χ2v) is 4.46. The van der Waals surface area contributed by atoms with Crippen molar-refractivity contribution in [2.24, 2.45) is 0 Å². The smallest absolute Gasteiger partial charge is 0.0948 e. The Balaban J connectivity index is 1.82. The maximum Gasteiger partial charge on any atom is 0.0948 e. The van der Waals surface area contributed by atoms with Crippen LogP contribution in [-0.4, -0.2) is 40.6 Å². The number of fused-ring (bicyclic) bond motifs is 1. The normalized spacial score (nSPS) is 27.6. The van der Waals surface area contributed by atoms with E-state index in [1.165, 1.54) is 31.6 Å². The lowest BCUT2D eigenvalue weighted by atomic mass is 10.0. The van der Waals surface area contributed by atoms with Crippen LogP contribution in [0.5, 0.6) is 0 Å². The van der Waals surface area contributed by atoms with Crippen molar-refractivity contribution in [3.63, 3.8) is 0 Å². The number of hydrogen-bond donors (Lipinski definition) is 1. The van der Waals surface area contributed by atoms with Crippen LogP contribution < -0.4 is 5.32 Å². The maximum atomic E-state index is 4.27. The molecule has 0 saturated carbocycles. The molecule has 2 aliphatic rings. The van der Waals surface area contributed by atoms with Crippen molar-refractivity contribution in [3.8, 4) is 0 Å². The van der Waals surface area contributed by atoms with Crippen molar-refractivity contribution in [1.29, 1.82) is 0 Å². The molecule has 3 rings (SSSR count). The number of hydrogen-bond acceptors (Lipinski definition) is 3. The van der Waals surface area contributed by atoms with Crippen LogP contribution in [0.1, 0.15) is 24.6 Å². The van der Waals surface area contributed by atoms with E-state index in [9.17, 15) is 0 Å². The second-order valence-electron chi connectivity index (χ2n) is 4.46. The predicted octanol–water partition coefficient (Wildman–Crippen LogP) is 0.623. The zero-order chi connectivity index (χ0) is 10.1. The number of rotatable bonds is 1. The average Bonchev–Trinajstić information content (AvgIpc) is 2.78. The first kappa shape index (κ1) is 9.36. The molecular formula is C11H18N4. The zero-order valence-corrected chi connectivity index (χ0v) is 9.02. The number of imidazole rings is 1. The van der Waals surface area contributed by atoms with Crippen LogP contribution in [0, 0.1) is 0 Å². The Kier molecular flexibility index (Phi) is 2.46. The molecular weight excluding hydrogens is 188 g/mol. The van der Waals surface area contributed by atoms with Gasteiger partial charge in [-0.15, -0.1) is 0 Å². The van der Waals surface area contributed by atoms with Crippen LogP contribution in [-0.2, 0) is 6.54 Å². The topological polar surface area (TPSA) is 33.1 Å². The molecule has 15 heavy (non-hydrogen) atoms. The summed E-state index contributed by atoms with van der Waals surface area (Å²) in [7, 11) is 0. The van der Waals surface area contributed by atoms with Gasteiger partial charge in [-0.1, -0.05) is 0 Å². The number of aromatic nitrogens is 2. The van der Waals surface area contributed by atoms with Crippen molar-refractivity contribution in [1.82, 2.24) is 19.8 Å². The van der Waals surface area contributed by atoms with E-state index in [4.69, 9.17) is 0 Å². The van der Waals surface area contributed by atoms with Gasteiger partial charge in [-0.2, -0.15) is 0 Å². The minimum absolute atomic E-state index is 0.614. The average molecular weight is 206 g/mol. The van der Waals surface area contributed by atoms with Crippen LogP contribution in [0.3, 0.4) is 0 Å². The Hall–Kier alpha value is -0.870. The molecule has 0 spiro atoms. The summed E-state index contributed by atoms with van der Waals surface area (Å²) in [6.45, 7) is 5.76. The Morgan fingerprint density at radius 3 is 3.00 bits per heavy atom. The van der Waals surface area contributed by atoms with Gasteiger partial charge >= 0.3 is 0 Å². The first-order valence-electron chi connectivity index (χ1n) is 5.90. The van der Waals surface area contributed by atoms with E-state index in [0.29, 0.717) is 6.04 Å². The molecule has 1 aromatic heterocycles. The van der Waals surface area contributed by atoms with Gasteiger partial charge in [-0.25, -0.2) is 4.98 Å². The predicted molar refractivity (Wildman–Crippen MR) is 58.6 cm³/mol. The lowest BCUT2D eigenvalue weighted by Crippen LogP contribution is -2.46. The lowest BCUT2D eigenvalue weighted by molar-refractivity contribution is 0.145. The van der Waals surface area contributed by atoms with Gasteiger partial charge in [0.25, 0.3) is 0 Å². The van der Waals surface area contributed by atoms with E-state index in [1.807, 2.05) is 12.5 Å². The number of nitrogens with one attached hydrogen (secondary N) is 1. The van der Waals surface area contributed by atoms with E-state index in [-0.39, 0.29) is 0 Å². The number of aryl methyl sites for hydroxylation is 1. The number of nitrogens with zero attached hydrogens (tertiary/aromatic N) is 3. The van der Waals surface area contributed by atoms with Crippen LogP contribution in [0.4, 0.5) is 0 Å². The summed E-state index contributed by atoms with van der Waals surface area (Å²) >= 11 is 0. The van der Waals surface area contributed by atoms with Crippen LogP contribution in [0.25, 0.3) is 0 Å². The highest BCUT2D eigenvalue weighted by Crippen LogP contribution is 2.29. The second kappa shape index (κ2) is 3.94. The standard InChI is InChI=1S/C11H18N4/c1-2-10(14-6-3-12-4-7-14)11-8-13-9-15(11)5-1/h8-10,12H,1-7H2. The molecule has 0 radical (unpaired) electrons. The van der Waals surface area contributed by atoms with Gasteiger partial charge in [0, 0.05) is 38.9 Å². The molecule has 82 valence electrons. The molecule has 3 heterocycles. The van der Waals surface area contributed by atoms with Crippen LogP contribution >= 0.6 is 0 Å². The van der Waals surface area contributed by atoms with Crippen molar-refractivity contribution < 1.29 is 0 Å². The van der Waals surface area contributed by atoms with Gasteiger partial charge in [0.2, 0.25) is 0 Å². The molecule has 4 nitrogen and oxygen atoms in total. The molecule has 4 heteroatoms. The van der Waals surface area contributed by atoms with Crippen molar-refractivity contribution in [2.45, 2.75) is 25.4 Å². The van der Waals surface area contributed by atoms with Gasteiger partial charge in [-0.05, 0) is 12.8 Å². The van der Waals surface area contributed by atoms with E-state index in [2.05, 4.69) is 19.8 Å². The van der Waals surface area contributed by atoms with Gasteiger partial charge < -0.3 is 9.88 Å². The molecule has 1 atom stereocenters. The van der Waals surface area contributed by atoms with Gasteiger partial charge in [0.15, 0.2) is 0 Å². The van der Waals surface area contributed by atoms with E-state index < -0.39 is 0 Å². The molecule has 0 amide bonds. The summed E-state index contributed by atoms with van der Waals surface area (Å²) in [6.07, 6.45) is 6.61. The highest BCUT2D eigenvalue weighted by Gasteiger charge is 2.26. The molecule has 2 aliphatic heterocycles. The molecule has 1 unspecified atom stereocenters. The monoisotopic (exact) mass is 206 g/mol. The lowest BCUT2D eigenvalue weighted by Gasteiger charge is -2.37. The number of piperazine rings is 1. The van der Waals surface area contributed by atoms with Crippen molar-refractivity contribution in [2.75, 3.05) is 26.2 Å². The minimum atomic E-state index is 0.614. The van der Waals surface area contributed by atoms with E-state index in [0.717, 1.165) is 19.6 Å². The highest BCUT2D eigenvalue weighted by molar-refractivity contribution is 5.08. The molecule has 1 fully saturated rings. The Bertz CT molecular complexity index is 327. The molecule has 0 bridgehead atoms. The third kappa shape index (κ3) is 1.68. The summed E-state index contributed by atoms with van der Waals surface area (Å²) in [4.78, 5) is 6.87. The minimum Gasteiger partial charge on any atom is -0.333 e. The fraction of sp³-hybridized carbons (Fsp3) is 0.727. The molecule has 1 N–H and O–H groups in total. The molecule has 0 aliphatic carbocycles. The van der Waals surface area contributed by atoms with Gasteiger partial charge in [-0.3, -0.25) is 4.90 Å². The third-order valence-electron chi connectivity index (χ3n) is 3.55. The maximum absolute atomic E-state index is 4.27. The summed E-state index contributed by atoms with van der Waals surface area (Å²) < 4.78 is 2.32. The van der Waals surface area contributed by atoms with Crippen molar-refractivity contribution in [3.05, 3.63) is 18.2 Å². The first-order chi connectivity index (χ1) is 7.45. The third-order valence-corrected chi connectivity index (χ3v) is 3.55. The van der Waals surface area contributed by atoms with E-state index >= 15 is 0 Å². The van der Waals surface area contributed by atoms with Crippen molar-refractivity contribution >= 4 is 0 Å². The molecule has 0 aromatic carbocycles. The Morgan fingerprint density at radius 2 is 2.13 bits per heavy atom. The summed E-state index contributed by atoms with van der Waals surface area (Å²) in [6, 6.07) is 0.614. The fourth-order valence-electron chi connectivity index (χ4n) is 2.76. The van der Waals surface area contributed by atoms with Gasteiger partial charge in [0.05, 0.1) is 18.1 Å². The zero-order valence-electron chi connectivity index (χ0n) is 9.02. The summed E-state index contributed by atoms with van der Waals surface area (Å²) in [5.74, 6) is 0. The summed E-state index contributed by atoms with van der Waals surface area (Å²) in [5, 5.41) is 3.41. The highest BCUT2D eigenvalue weighted by atomic mass is 15.2. The largest absolute Gasteiger partial charge is 0.333 e. The van der Waals surface area contributed by atoms with Crippen LogP contribution in [0.15, 0.2) is 12.5 Å². The molecule has 1 saturated heterocycles. The Labute approximate surface area is 90.3 Å². The fourth-order valence-corrected chi connectivity index (χ4v) is 2.76.